The average Bonchev–Trinajstić information content (AvgIpc) is 2.95. The first-order valence-corrected chi connectivity index (χ1v) is 6.62. The van der Waals surface area contributed by atoms with E-state index in [0.717, 1.165) is 29.2 Å². The Kier molecular flexibility index (Phi) is 5.01. The normalized spacial score (nSPS) is 10.6. The van der Waals surface area contributed by atoms with Gasteiger partial charge in [0.05, 0.1) is 27.0 Å². The summed E-state index contributed by atoms with van der Waals surface area (Å²) in [4.78, 5) is 4.21. The van der Waals surface area contributed by atoms with Crippen LogP contribution < -0.4 is 14.8 Å². The molecule has 0 bridgehead atoms. The van der Waals surface area contributed by atoms with Crippen molar-refractivity contribution in [3.63, 3.8) is 0 Å². The van der Waals surface area contributed by atoms with E-state index in [2.05, 4.69) is 10.3 Å². The first-order chi connectivity index (χ1) is 9.76. The monoisotopic (exact) mass is 276 g/mol. The maximum Gasteiger partial charge on any atom is 0.208 e. The van der Waals surface area contributed by atoms with E-state index >= 15 is 0 Å². The quantitative estimate of drug-likeness (QED) is 0.842. The van der Waals surface area contributed by atoms with E-state index in [1.807, 2.05) is 25.1 Å². The molecule has 0 radical (unpaired) electrons. The number of ether oxygens (including phenoxy) is 2. The molecule has 20 heavy (non-hydrogen) atoms. The molecular weight excluding hydrogens is 256 g/mol. The van der Waals surface area contributed by atoms with Gasteiger partial charge in [-0.15, -0.1) is 0 Å². The summed E-state index contributed by atoms with van der Waals surface area (Å²) in [7, 11) is 3.31. The van der Waals surface area contributed by atoms with Crippen molar-refractivity contribution in [2.24, 2.45) is 0 Å². The van der Waals surface area contributed by atoms with Crippen molar-refractivity contribution in [2.45, 2.75) is 26.4 Å². The van der Waals surface area contributed by atoms with Gasteiger partial charge < -0.3 is 19.2 Å². The summed E-state index contributed by atoms with van der Waals surface area (Å²) >= 11 is 0. The third-order valence-corrected chi connectivity index (χ3v) is 3.03. The van der Waals surface area contributed by atoms with Crippen LogP contribution in [-0.4, -0.2) is 19.2 Å². The van der Waals surface area contributed by atoms with Crippen LogP contribution in [0, 0.1) is 0 Å². The Bertz CT molecular complexity index is 552. The number of nitrogens with one attached hydrogen (secondary N) is 1. The fourth-order valence-electron chi connectivity index (χ4n) is 1.92. The number of aromatic nitrogens is 1. The molecule has 0 aliphatic heterocycles. The Hall–Kier alpha value is -2.01. The molecule has 1 N–H and O–H groups in total. The summed E-state index contributed by atoms with van der Waals surface area (Å²) in [6.45, 7) is 3.28. The number of hydrogen-bond donors (Lipinski definition) is 1. The molecule has 0 saturated carbocycles. The van der Waals surface area contributed by atoms with E-state index < -0.39 is 0 Å². The average molecular weight is 276 g/mol. The lowest BCUT2D eigenvalue weighted by atomic mass is 10.2. The second-order valence-corrected chi connectivity index (χ2v) is 4.36. The highest BCUT2D eigenvalue weighted by Crippen LogP contribution is 2.23. The van der Waals surface area contributed by atoms with Crippen molar-refractivity contribution in [1.82, 2.24) is 10.3 Å². The molecule has 0 aliphatic rings. The minimum absolute atomic E-state index is 0.584. The van der Waals surface area contributed by atoms with Gasteiger partial charge in [0.25, 0.3) is 0 Å². The molecule has 0 saturated heterocycles. The zero-order chi connectivity index (χ0) is 14.4. The smallest absolute Gasteiger partial charge is 0.208 e. The zero-order valence-corrected chi connectivity index (χ0v) is 12.1. The number of benzene rings is 1. The van der Waals surface area contributed by atoms with Crippen LogP contribution in [0.5, 0.6) is 11.5 Å². The Morgan fingerprint density at radius 3 is 2.70 bits per heavy atom. The lowest BCUT2D eigenvalue weighted by molar-refractivity contribution is 0.395. The molecular formula is C15H20N2O3. The summed E-state index contributed by atoms with van der Waals surface area (Å²) < 4.78 is 16.1. The number of aryl methyl sites for hydroxylation is 1. The molecule has 5 nitrogen and oxygen atoms in total. The van der Waals surface area contributed by atoms with Crippen LogP contribution in [0.4, 0.5) is 0 Å². The highest BCUT2D eigenvalue weighted by atomic mass is 16.5. The predicted molar refractivity (Wildman–Crippen MR) is 76.0 cm³/mol. The van der Waals surface area contributed by atoms with Crippen molar-refractivity contribution < 1.29 is 13.9 Å². The molecule has 2 rings (SSSR count). The van der Waals surface area contributed by atoms with E-state index in [1.165, 1.54) is 0 Å². The molecule has 0 aliphatic carbocycles. The maximum atomic E-state index is 5.54. The maximum absolute atomic E-state index is 5.54. The fourth-order valence-corrected chi connectivity index (χ4v) is 1.92. The molecule has 0 spiro atoms. The molecule has 0 unspecified atom stereocenters. The lowest BCUT2D eigenvalue weighted by Crippen LogP contribution is -2.13. The van der Waals surface area contributed by atoms with Gasteiger partial charge in [0, 0.05) is 18.5 Å². The third kappa shape index (κ3) is 3.51. The molecule has 1 aromatic heterocycles. The molecule has 1 heterocycles. The van der Waals surface area contributed by atoms with Crippen LogP contribution in [0.25, 0.3) is 0 Å². The van der Waals surface area contributed by atoms with Crippen LogP contribution >= 0.6 is 0 Å². The van der Waals surface area contributed by atoms with Gasteiger partial charge in [-0.2, -0.15) is 0 Å². The Labute approximate surface area is 118 Å². The van der Waals surface area contributed by atoms with Crippen molar-refractivity contribution in [2.75, 3.05) is 14.2 Å². The molecule has 0 amide bonds. The van der Waals surface area contributed by atoms with Gasteiger partial charge in [-0.3, -0.25) is 0 Å². The number of hydrogen-bond acceptors (Lipinski definition) is 5. The van der Waals surface area contributed by atoms with E-state index in [4.69, 9.17) is 13.9 Å². The van der Waals surface area contributed by atoms with Gasteiger partial charge >= 0.3 is 0 Å². The second-order valence-electron chi connectivity index (χ2n) is 4.36. The van der Waals surface area contributed by atoms with Gasteiger partial charge in [-0.1, -0.05) is 6.92 Å². The first kappa shape index (κ1) is 14.4. The summed E-state index contributed by atoms with van der Waals surface area (Å²) in [5, 5.41) is 3.29. The first-order valence-electron chi connectivity index (χ1n) is 6.62. The summed E-state index contributed by atoms with van der Waals surface area (Å²) in [5.41, 5.74) is 1.04. The van der Waals surface area contributed by atoms with Crippen molar-refractivity contribution in [3.8, 4) is 11.5 Å². The van der Waals surface area contributed by atoms with Gasteiger partial charge in [0.2, 0.25) is 5.89 Å². The topological polar surface area (TPSA) is 56.5 Å². The zero-order valence-electron chi connectivity index (χ0n) is 12.1. The van der Waals surface area contributed by atoms with Crippen LogP contribution in [0.3, 0.4) is 0 Å². The van der Waals surface area contributed by atoms with Crippen LogP contribution in [0.1, 0.15) is 24.1 Å². The molecule has 0 fully saturated rings. The van der Waals surface area contributed by atoms with E-state index in [1.54, 1.807) is 20.4 Å². The molecule has 108 valence electrons. The minimum Gasteiger partial charge on any atom is -0.497 e. The third-order valence-electron chi connectivity index (χ3n) is 3.03. The minimum atomic E-state index is 0.584. The Morgan fingerprint density at radius 1 is 1.20 bits per heavy atom. The highest BCUT2D eigenvalue weighted by molar-refractivity contribution is 5.40. The summed E-state index contributed by atoms with van der Waals surface area (Å²) in [6.07, 6.45) is 2.62. The molecule has 1 aromatic carbocycles. The molecule has 0 atom stereocenters. The standard InChI is InChI=1S/C15H20N2O3/c1-4-12-9-17-15(20-12)10-16-8-11-7-13(18-2)5-6-14(11)19-3/h5-7,9,16H,4,8,10H2,1-3H3. The summed E-state index contributed by atoms with van der Waals surface area (Å²) in [6, 6.07) is 5.74. The van der Waals surface area contributed by atoms with Crippen LogP contribution in [0.2, 0.25) is 0 Å². The lowest BCUT2D eigenvalue weighted by Gasteiger charge is -2.10. The second kappa shape index (κ2) is 6.96. The Balaban J connectivity index is 1.95. The van der Waals surface area contributed by atoms with E-state index in [-0.39, 0.29) is 0 Å². The summed E-state index contributed by atoms with van der Waals surface area (Å²) in [5.74, 6) is 3.25. The van der Waals surface area contributed by atoms with Crippen LogP contribution in [-0.2, 0) is 19.5 Å². The highest BCUT2D eigenvalue weighted by Gasteiger charge is 2.06. The van der Waals surface area contributed by atoms with Crippen molar-refractivity contribution in [1.29, 1.82) is 0 Å². The number of rotatable bonds is 7. The van der Waals surface area contributed by atoms with E-state index in [0.29, 0.717) is 19.0 Å². The SMILES string of the molecule is CCc1cnc(CNCc2cc(OC)ccc2OC)o1. The Morgan fingerprint density at radius 2 is 2.05 bits per heavy atom. The van der Waals surface area contributed by atoms with Crippen molar-refractivity contribution >= 4 is 0 Å². The van der Waals surface area contributed by atoms with Gasteiger partial charge in [-0.05, 0) is 18.2 Å². The number of methoxy groups -OCH3 is 2. The molecule has 2 aromatic rings. The van der Waals surface area contributed by atoms with Crippen LogP contribution in [0.15, 0.2) is 28.8 Å². The largest absolute Gasteiger partial charge is 0.497 e. The fraction of sp³-hybridized carbons (Fsp3) is 0.400. The number of nitrogens with zero attached hydrogens (tertiary/aromatic N) is 1. The van der Waals surface area contributed by atoms with E-state index in [9.17, 15) is 0 Å². The number of oxazole rings is 1. The van der Waals surface area contributed by atoms with Gasteiger partial charge in [0.1, 0.15) is 17.3 Å². The predicted octanol–water partition coefficient (Wildman–Crippen LogP) is 2.54. The van der Waals surface area contributed by atoms with Gasteiger partial charge in [0.15, 0.2) is 0 Å². The molecule has 5 heteroatoms. The van der Waals surface area contributed by atoms with Gasteiger partial charge in [-0.25, -0.2) is 4.98 Å². The van der Waals surface area contributed by atoms with Crippen molar-refractivity contribution in [3.05, 3.63) is 41.6 Å².